The largest absolute Gasteiger partial charge is 0.451 e. The number of hydrogen-bond acceptors (Lipinski definition) is 3. The second-order valence-electron chi connectivity index (χ2n) is 5.53. The van der Waals surface area contributed by atoms with Gasteiger partial charge in [-0.2, -0.15) is 13.2 Å². The van der Waals surface area contributed by atoms with Crippen LogP contribution in [0.15, 0.2) is 18.2 Å². The number of nitrogens with zero attached hydrogens (tertiary/aromatic N) is 2. The Bertz CT molecular complexity index is 678. The van der Waals surface area contributed by atoms with Crippen molar-refractivity contribution in [3.8, 4) is 0 Å². The Balaban J connectivity index is 2.05. The van der Waals surface area contributed by atoms with Crippen LogP contribution in [-0.2, 0) is 6.18 Å². The van der Waals surface area contributed by atoms with E-state index >= 15 is 0 Å². The molecule has 3 rings (SSSR count). The monoisotopic (exact) mass is 313 g/mol. The quantitative estimate of drug-likeness (QED) is 0.828. The second-order valence-corrected chi connectivity index (χ2v) is 5.53. The molecule has 1 aliphatic carbocycles. The molecule has 1 N–H and O–H groups in total. The van der Waals surface area contributed by atoms with Crippen LogP contribution in [-0.4, -0.2) is 16.0 Å². The number of benzene rings is 1. The van der Waals surface area contributed by atoms with E-state index in [4.69, 9.17) is 0 Å². The highest BCUT2D eigenvalue weighted by Gasteiger charge is 2.35. The third kappa shape index (κ3) is 3.13. The summed E-state index contributed by atoms with van der Waals surface area (Å²) in [6, 6.07) is 3.57. The number of anilines is 1. The third-order valence-corrected chi connectivity index (χ3v) is 3.86. The van der Waals surface area contributed by atoms with Gasteiger partial charge in [0.2, 0.25) is 5.82 Å². The molecule has 0 saturated heterocycles. The van der Waals surface area contributed by atoms with E-state index in [0.717, 1.165) is 38.2 Å². The number of fused-ring (bicyclic) bond motifs is 1. The van der Waals surface area contributed by atoms with Crippen molar-refractivity contribution in [1.82, 2.24) is 9.97 Å². The zero-order chi connectivity index (χ0) is 15.7. The van der Waals surface area contributed by atoms with Crippen LogP contribution >= 0.6 is 0 Å². The summed E-state index contributed by atoms with van der Waals surface area (Å²) in [4.78, 5) is 7.09. The van der Waals surface area contributed by atoms with E-state index < -0.39 is 17.8 Å². The highest BCUT2D eigenvalue weighted by atomic mass is 19.4. The van der Waals surface area contributed by atoms with Gasteiger partial charge < -0.3 is 5.32 Å². The number of nitrogens with one attached hydrogen (secondary N) is 1. The fraction of sp³-hybridized carbons (Fsp3) is 0.467. The Morgan fingerprint density at radius 3 is 2.45 bits per heavy atom. The molecule has 2 aromatic rings. The summed E-state index contributed by atoms with van der Waals surface area (Å²) >= 11 is 0. The Hall–Kier alpha value is -1.92. The standard InChI is InChI=1S/C15H15F4N3/c16-9-6-7-12-11(8-9)13(20-10-4-2-1-3-5-10)22-14(21-12)15(17,18)19/h6-8,10H,1-5H2,(H,20,21,22). The molecule has 0 amide bonds. The highest BCUT2D eigenvalue weighted by Crippen LogP contribution is 2.32. The first kappa shape index (κ1) is 15.0. The van der Waals surface area contributed by atoms with Crippen LogP contribution in [0.5, 0.6) is 0 Å². The normalized spacial score (nSPS) is 16.9. The summed E-state index contributed by atoms with van der Waals surface area (Å²) < 4.78 is 52.2. The Morgan fingerprint density at radius 2 is 1.77 bits per heavy atom. The van der Waals surface area contributed by atoms with Crippen LogP contribution in [0.4, 0.5) is 23.4 Å². The van der Waals surface area contributed by atoms with Crippen molar-refractivity contribution in [2.45, 2.75) is 44.3 Å². The molecule has 1 fully saturated rings. The molecule has 0 spiro atoms. The van der Waals surface area contributed by atoms with Crippen LogP contribution in [0.3, 0.4) is 0 Å². The fourth-order valence-electron chi connectivity index (χ4n) is 2.78. The van der Waals surface area contributed by atoms with Crippen LogP contribution < -0.4 is 5.32 Å². The number of halogens is 4. The SMILES string of the molecule is Fc1ccc2nc(C(F)(F)F)nc(NC3CCCCC3)c2c1. The fourth-order valence-corrected chi connectivity index (χ4v) is 2.78. The zero-order valence-electron chi connectivity index (χ0n) is 11.8. The molecule has 0 aliphatic heterocycles. The molecule has 1 aromatic carbocycles. The van der Waals surface area contributed by atoms with Crippen molar-refractivity contribution in [2.24, 2.45) is 0 Å². The zero-order valence-corrected chi connectivity index (χ0v) is 11.8. The summed E-state index contributed by atoms with van der Waals surface area (Å²) in [5.41, 5.74) is 0.0852. The van der Waals surface area contributed by atoms with Gasteiger partial charge in [-0.15, -0.1) is 0 Å². The number of aromatic nitrogens is 2. The van der Waals surface area contributed by atoms with Gasteiger partial charge in [0.15, 0.2) is 0 Å². The molecule has 0 atom stereocenters. The van der Waals surface area contributed by atoms with Crippen LogP contribution in [0.25, 0.3) is 10.9 Å². The molecule has 1 heterocycles. The average Bonchev–Trinajstić information content (AvgIpc) is 2.47. The highest BCUT2D eigenvalue weighted by molar-refractivity contribution is 5.89. The van der Waals surface area contributed by atoms with E-state index in [9.17, 15) is 17.6 Å². The first-order valence-electron chi connectivity index (χ1n) is 7.24. The van der Waals surface area contributed by atoms with Gasteiger partial charge in [0.1, 0.15) is 11.6 Å². The first-order valence-corrected chi connectivity index (χ1v) is 7.24. The van der Waals surface area contributed by atoms with Gasteiger partial charge in [-0.3, -0.25) is 0 Å². The van der Waals surface area contributed by atoms with E-state index in [-0.39, 0.29) is 22.8 Å². The molecule has 3 nitrogen and oxygen atoms in total. The summed E-state index contributed by atoms with van der Waals surface area (Å²) in [6.45, 7) is 0. The minimum absolute atomic E-state index is 0.0590. The summed E-state index contributed by atoms with van der Waals surface area (Å²) in [6.07, 6.45) is 0.309. The van der Waals surface area contributed by atoms with Crippen molar-refractivity contribution in [3.05, 3.63) is 29.8 Å². The smallest absolute Gasteiger partial charge is 0.367 e. The van der Waals surface area contributed by atoms with Crippen molar-refractivity contribution in [2.75, 3.05) is 5.32 Å². The molecule has 22 heavy (non-hydrogen) atoms. The van der Waals surface area contributed by atoms with E-state index in [2.05, 4.69) is 15.3 Å². The van der Waals surface area contributed by atoms with Gasteiger partial charge in [0.25, 0.3) is 0 Å². The van der Waals surface area contributed by atoms with Crippen LogP contribution in [0.1, 0.15) is 37.9 Å². The van der Waals surface area contributed by atoms with E-state index in [0.29, 0.717) is 0 Å². The molecule has 0 unspecified atom stereocenters. The predicted molar refractivity (Wildman–Crippen MR) is 75.0 cm³/mol. The minimum atomic E-state index is -4.63. The van der Waals surface area contributed by atoms with Crippen molar-refractivity contribution >= 4 is 16.7 Å². The van der Waals surface area contributed by atoms with Gasteiger partial charge in [0.05, 0.1) is 5.52 Å². The van der Waals surface area contributed by atoms with Crippen molar-refractivity contribution in [3.63, 3.8) is 0 Å². The van der Waals surface area contributed by atoms with Crippen molar-refractivity contribution < 1.29 is 17.6 Å². The maximum absolute atomic E-state index is 13.4. The van der Waals surface area contributed by atoms with Gasteiger partial charge in [0, 0.05) is 11.4 Å². The Morgan fingerprint density at radius 1 is 1.05 bits per heavy atom. The third-order valence-electron chi connectivity index (χ3n) is 3.86. The molecule has 118 valence electrons. The van der Waals surface area contributed by atoms with E-state index in [1.165, 1.54) is 12.1 Å². The molecular weight excluding hydrogens is 298 g/mol. The number of rotatable bonds is 2. The Labute approximate surface area is 124 Å². The Kier molecular flexibility index (Phi) is 3.88. The van der Waals surface area contributed by atoms with Crippen LogP contribution in [0.2, 0.25) is 0 Å². The number of alkyl halides is 3. The van der Waals surface area contributed by atoms with Gasteiger partial charge in [-0.1, -0.05) is 19.3 Å². The maximum atomic E-state index is 13.4. The maximum Gasteiger partial charge on any atom is 0.451 e. The molecule has 0 bridgehead atoms. The summed E-state index contributed by atoms with van der Waals surface area (Å²) in [7, 11) is 0. The van der Waals surface area contributed by atoms with Crippen molar-refractivity contribution in [1.29, 1.82) is 0 Å². The lowest BCUT2D eigenvalue weighted by molar-refractivity contribution is -0.144. The predicted octanol–water partition coefficient (Wildman–Crippen LogP) is 4.53. The molecular formula is C15H15F4N3. The van der Waals surface area contributed by atoms with E-state index in [1.807, 2.05) is 0 Å². The second kappa shape index (κ2) is 5.70. The van der Waals surface area contributed by atoms with Gasteiger partial charge in [-0.05, 0) is 31.0 Å². The number of hydrogen-bond donors (Lipinski definition) is 1. The topological polar surface area (TPSA) is 37.8 Å². The molecule has 1 saturated carbocycles. The lowest BCUT2D eigenvalue weighted by atomic mass is 9.95. The molecule has 1 aromatic heterocycles. The average molecular weight is 313 g/mol. The van der Waals surface area contributed by atoms with Crippen LogP contribution in [0, 0.1) is 5.82 Å². The van der Waals surface area contributed by atoms with E-state index in [1.54, 1.807) is 0 Å². The first-order chi connectivity index (χ1) is 10.4. The minimum Gasteiger partial charge on any atom is -0.367 e. The van der Waals surface area contributed by atoms with Gasteiger partial charge >= 0.3 is 6.18 Å². The molecule has 0 radical (unpaired) electrons. The summed E-state index contributed by atoms with van der Waals surface area (Å²) in [5, 5.41) is 3.32. The lowest BCUT2D eigenvalue weighted by Crippen LogP contribution is -2.24. The molecule has 1 aliphatic rings. The molecule has 7 heteroatoms. The van der Waals surface area contributed by atoms with Gasteiger partial charge in [-0.25, -0.2) is 14.4 Å². The summed E-state index contributed by atoms with van der Waals surface area (Å²) in [5.74, 6) is -1.67. The lowest BCUT2D eigenvalue weighted by Gasteiger charge is -2.24.